The van der Waals surface area contributed by atoms with Gasteiger partial charge in [-0.05, 0) is 39.5 Å². The Morgan fingerprint density at radius 3 is 2.30 bits per heavy atom. The molecule has 2 aliphatic rings. The van der Waals surface area contributed by atoms with Crippen molar-refractivity contribution in [2.45, 2.75) is 83.0 Å². The minimum atomic E-state index is -0.866. The first-order valence-corrected chi connectivity index (χ1v) is 10.4. The lowest BCUT2D eigenvalue weighted by molar-refractivity contribution is -0.143. The first-order chi connectivity index (χ1) is 14.2. The van der Waals surface area contributed by atoms with E-state index in [4.69, 9.17) is 5.21 Å². The third-order valence-corrected chi connectivity index (χ3v) is 5.48. The van der Waals surface area contributed by atoms with Gasteiger partial charge in [-0.15, -0.1) is 0 Å². The lowest BCUT2D eigenvalue weighted by Gasteiger charge is -2.31. The molecule has 11 nitrogen and oxygen atoms in total. The Bertz CT molecular complexity index is 684. The molecule has 11 heteroatoms. The van der Waals surface area contributed by atoms with Crippen molar-refractivity contribution in [2.75, 3.05) is 6.54 Å². The zero-order valence-corrected chi connectivity index (χ0v) is 17.4. The number of hydroxylamine groups is 1. The highest BCUT2D eigenvalue weighted by Crippen LogP contribution is 2.20. The van der Waals surface area contributed by atoms with Gasteiger partial charge in [0.05, 0.1) is 0 Å². The largest absolute Gasteiger partial charge is 0.343 e. The molecule has 2 aliphatic heterocycles. The second-order valence-electron chi connectivity index (χ2n) is 7.85. The molecule has 0 spiro atoms. The minimum Gasteiger partial charge on any atom is -0.343 e. The molecule has 0 aromatic rings. The Kier molecular flexibility index (Phi) is 8.58. The van der Waals surface area contributed by atoms with Crippen molar-refractivity contribution in [1.29, 1.82) is 0 Å². The standard InChI is InChI=1S/C19H31N5O6/c1-11-16(26)20-12(2)17(27)22-13(7-4-3-5-9-15(25)23-30)19(29)24-10-6-8-14(24)18(28)21-11/h11-14,30H,3-10H2,1-2H3,(H,20,26)(H,21,28)(H,22,27)(H,23,25)/t11-,12+,13-,14+/m0/s1. The molecule has 0 saturated carbocycles. The van der Waals surface area contributed by atoms with Gasteiger partial charge in [0, 0.05) is 13.0 Å². The average Bonchev–Trinajstić information content (AvgIpc) is 3.20. The Morgan fingerprint density at radius 2 is 1.63 bits per heavy atom. The molecule has 5 amide bonds. The van der Waals surface area contributed by atoms with Crippen molar-refractivity contribution in [2.24, 2.45) is 0 Å². The van der Waals surface area contributed by atoms with Crippen LogP contribution in [0.1, 0.15) is 58.8 Å². The van der Waals surface area contributed by atoms with E-state index in [1.807, 2.05) is 0 Å². The van der Waals surface area contributed by atoms with Crippen LogP contribution in [0.4, 0.5) is 0 Å². The molecular formula is C19H31N5O6. The van der Waals surface area contributed by atoms with Crippen molar-refractivity contribution in [3.05, 3.63) is 0 Å². The summed E-state index contributed by atoms with van der Waals surface area (Å²) >= 11 is 0. The first-order valence-electron chi connectivity index (χ1n) is 10.4. The number of amides is 5. The second kappa shape index (κ2) is 10.9. The van der Waals surface area contributed by atoms with Crippen molar-refractivity contribution < 1.29 is 29.2 Å². The van der Waals surface area contributed by atoms with Gasteiger partial charge in [-0.2, -0.15) is 0 Å². The van der Waals surface area contributed by atoms with Crippen molar-refractivity contribution in [1.82, 2.24) is 26.3 Å². The fourth-order valence-corrected chi connectivity index (χ4v) is 3.70. The monoisotopic (exact) mass is 425 g/mol. The van der Waals surface area contributed by atoms with E-state index in [1.54, 1.807) is 5.48 Å². The molecule has 0 aliphatic carbocycles. The van der Waals surface area contributed by atoms with Gasteiger partial charge in [0.15, 0.2) is 0 Å². The van der Waals surface area contributed by atoms with Gasteiger partial charge in [0.2, 0.25) is 29.5 Å². The molecule has 0 aromatic carbocycles. The normalized spacial score (nSPS) is 27.9. The predicted octanol–water partition coefficient (Wildman–Crippen LogP) is -1.06. The molecule has 2 saturated heterocycles. The van der Waals surface area contributed by atoms with Crippen LogP contribution in [0.2, 0.25) is 0 Å². The van der Waals surface area contributed by atoms with Crippen LogP contribution in [0.5, 0.6) is 0 Å². The average molecular weight is 425 g/mol. The van der Waals surface area contributed by atoms with Gasteiger partial charge in [-0.3, -0.25) is 29.2 Å². The van der Waals surface area contributed by atoms with E-state index in [1.165, 1.54) is 18.7 Å². The van der Waals surface area contributed by atoms with Crippen LogP contribution in [0.15, 0.2) is 0 Å². The SMILES string of the molecule is C[C@@H]1NC(=O)[C@H]2CCCN2C(=O)[C@H](CCCCCC(=O)NO)NC(=O)[C@@H](C)NC1=O. The Balaban J connectivity index is 2.11. The Hall–Kier alpha value is -2.69. The van der Waals surface area contributed by atoms with Gasteiger partial charge < -0.3 is 20.9 Å². The summed E-state index contributed by atoms with van der Waals surface area (Å²) in [5.74, 6) is -2.12. The van der Waals surface area contributed by atoms with Crippen LogP contribution in [-0.2, 0) is 24.0 Å². The molecule has 5 N–H and O–H groups in total. The van der Waals surface area contributed by atoms with Crippen molar-refractivity contribution >= 4 is 29.5 Å². The molecular weight excluding hydrogens is 394 g/mol. The van der Waals surface area contributed by atoms with Crippen LogP contribution in [0, 0.1) is 0 Å². The van der Waals surface area contributed by atoms with E-state index < -0.39 is 41.9 Å². The number of unbranched alkanes of at least 4 members (excludes halogenated alkanes) is 2. The third-order valence-electron chi connectivity index (χ3n) is 5.48. The molecule has 2 fully saturated rings. The number of hydrogen-bond acceptors (Lipinski definition) is 6. The van der Waals surface area contributed by atoms with Crippen LogP contribution < -0.4 is 21.4 Å². The van der Waals surface area contributed by atoms with Crippen molar-refractivity contribution in [3.8, 4) is 0 Å². The van der Waals surface area contributed by atoms with E-state index in [2.05, 4.69) is 16.0 Å². The van der Waals surface area contributed by atoms with Crippen LogP contribution >= 0.6 is 0 Å². The maximum atomic E-state index is 13.2. The van der Waals surface area contributed by atoms with Gasteiger partial charge in [-0.1, -0.05) is 12.8 Å². The van der Waals surface area contributed by atoms with Gasteiger partial charge in [-0.25, -0.2) is 5.48 Å². The quantitative estimate of drug-likeness (QED) is 0.207. The van der Waals surface area contributed by atoms with Gasteiger partial charge in [0.25, 0.3) is 0 Å². The predicted molar refractivity (Wildman–Crippen MR) is 105 cm³/mol. The second-order valence-corrected chi connectivity index (χ2v) is 7.85. The topological polar surface area (TPSA) is 157 Å². The molecule has 0 unspecified atom stereocenters. The van der Waals surface area contributed by atoms with Crippen LogP contribution in [0.25, 0.3) is 0 Å². The van der Waals surface area contributed by atoms with E-state index in [-0.39, 0.29) is 18.2 Å². The van der Waals surface area contributed by atoms with Gasteiger partial charge in [0.1, 0.15) is 24.2 Å². The highest BCUT2D eigenvalue weighted by molar-refractivity contribution is 5.97. The summed E-state index contributed by atoms with van der Waals surface area (Å²) in [6, 6.07) is -3.18. The minimum absolute atomic E-state index is 0.164. The van der Waals surface area contributed by atoms with Crippen LogP contribution in [-0.4, -0.2) is 70.4 Å². The summed E-state index contributed by atoms with van der Waals surface area (Å²) in [7, 11) is 0. The van der Waals surface area contributed by atoms with Gasteiger partial charge >= 0.3 is 0 Å². The number of carbonyl (C=O) groups is 5. The van der Waals surface area contributed by atoms with E-state index >= 15 is 0 Å². The third kappa shape index (κ3) is 6.15. The molecule has 0 aromatic heterocycles. The first kappa shape index (κ1) is 23.6. The Morgan fingerprint density at radius 1 is 1.00 bits per heavy atom. The smallest absolute Gasteiger partial charge is 0.245 e. The number of hydrogen-bond donors (Lipinski definition) is 5. The lowest BCUT2D eigenvalue weighted by Crippen LogP contribution is -2.60. The van der Waals surface area contributed by atoms with E-state index in [0.29, 0.717) is 45.1 Å². The van der Waals surface area contributed by atoms with Crippen LogP contribution in [0.3, 0.4) is 0 Å². The highest BCUT2D eigenvalue weighted by atomic mass is 16.5. The number of nitrogens with one attached hydrogen (secondary N) is 4. The maximum Gasteiger partial charge on any atom is 0.245 e. The number of carbonyl (C=O) groups excluding carboxylic acids is 5. The summed E-state index contributed by atoms with van der Waals surface area (Å²) in [6.45, 7) is 3.46. The zero-order chi connectivity index (χ0) is 22.3. The lowest BCUT2D eigenvalue weighted by atomic mass is 10.0. The molecule has 2 heterocycles. The molecule has 0 bridgehead atoms. The molecule has 4 atom stereocenters. The van der Waals surface area contributed by atoms with E-state index in [9.17, 15) is 24.0 Å². The van der Waals surface area contributed by atoms with Crippen molar-refractivity contribution in [3.63, 3.8) is 0 Å². The number of rotatable bonds is 6. The molecule has 30 heavy (non-hydrogen) atoms. The zero-order valence-electron chi connectivity index (χ0n) is 17.4. The number of nitrogens with zero attached hydrogens (tertiary/aromatic N) is 1. The number of fused-ring (bicyclic) bond motifs is 1. The maximum absolute atomic E-state index is 13.2. The fourth-order valence-electron chi connectivity index (χ4n) is 3.70. The molecule has 0 radical (unpaired) electrons. The fraction of sp³-hybridized carbons (Fsp3) is 0.737. The summed E-state index contributed by atoms with van der Waals surface area (Å²) in [5.41, 5.74) is 1.57. The summed E-state index contributed by atoms with van der Waals surface area (Å²) < 4.78 is 0. The summed E-state index contributed by atoms with van der Waals surface area (Å²) in [5, 5.41) is 16.4. The summed E-state index contributed by atoms with van der Waals surface area (Å²) in [4.78, 5) is 63.1. The summed E-state index contributed by atoms with van der Waals surface area (Å²) in [6.07, 6.45) is 3.39. The van der Waals surface area contributed by atoms with E-state index in [0.717, 1.165) is 0 Å². The Labute approximate surface area is 175 Å². The molecule has 168 valence electrons. The molecule has 2 rings (SSSR count). The highest BCUT2D eigenvalue weighted by Gasteiger charge is 2.39.